The predicted octanol–water partition coefficient (Wildman–Crippen LogP) is 1.70. The van der Waals surface area contributed by atoms with Crippen molar-refractivity contribution < 1.29 is 23.7 Å². The Morgan fingerprint density at radius 3 is 2.75 bits per heavy atom. The Kier molecular flexibility index (Phi) is 5.50. The summed E-state index contributed by atoms with van der Waals surface area (Å²) < 4.78 is 9.69. The Hall–Kier alpha value is -3.36. The molecule has 2 N–H and O–H groups in total. The van der Waals surface area contributed by atoms with Crippen LogP contribution >= 0.6 is 0 Å². The number of anilines is 1. The van der Waals surface area contributed by atoms with Crippen molar-refractivity contribution in [3.63, 3.8) is 0 Å². The number of methoxy groups -OCH3 is 1. The molecule has 0 aliphatic rings. The topological polar surface area (TPSA) is 124 Å². The minimum atomic E-state index is -0.739. The van der Waals surface area contributed by atoms with E-state index in [0.29, 0.717) is 5.76 Å². The molecule has 0 spiro atoms. The van der Waals surface area contributed by atoms with Crippen molar-refractivity contribution in [2.24, 2.45) is 0 Å². The molecule has 9 heteroatoms. The summed E-state index contributed by atoms with van der Waals surface area (Å²) in [5.74, 6) is -0.466. The minimum absolute atomic E-state index is 0.0227. The van der Waals surface area contributed by atoms with E-state index in [-0.39, 0.29) is 35.9 Å². The van der Waals surface area contributed by atoms with Gasteiger partial charge in [0.1, 0.15) is 5.76 Å². The molecule has 0 aliphatic heterocycles. The second kappa shape index (κ2) is 7.77. The molecule has 0 fully saturated rings. The predicted molar refractivity (Wildman–Crippen MR) is 83.5 cm³/mol. The van der Waals surface area contributed by atoms with Gasteiger partial charge in [0.05, 0.1) is 36.9 Å². The van der Waals surface area contributed by atoms with Crippen LogP contribution in [0.2, 0.25) is 0 Å². The lowest BCUT2D eigenvalue weighted by Gasteiger charge is -2.10. The largest absolute Gasteiger partial charge is 0.467 e. The van der Waals surface area contributed by atoms with Crippen molar-refractivity contribution in [1.82, 2.24) is 5.32 Å². The van der Waals surface area contributed by atoms with Crippen LogP contribution in [0.5, 0.6) is 0 Å². The highest BCUT2D eigenvalue weighted by Crippen LogP contribution is 2.22. The van der Waals surface area contributed by atoms with Crippen molar-refractivity contribution in [2.75, 3.05) is 19.0 Å². The first-order valence-electron chi connectivity index (χ1n) is 6.91. The van der Waals surface area contributed by atoms with E-state index in [1.165, 1.54) is 25.5 Å². The zero-order valence-corrected chi connectivity index (χ0v) is 12.8. The number of carbonyl (C=O) groups excluding carboxylic acids is 2. The van der Waals surface area contributed by atoms with Crippen LogP contribution in [0, 0.1) is 10.1 Å². The minimum Gasteiger partial charge on any atom is -0.467 e. The highest BCUT2D eigenvalue weighted by Gasteiger charge is 2.17. The number of nitrogens with one attached hydrogen (secondary N) is 2. The maximum absolute atomic E-state index is 11.8. The molecule has 24 heavy (non-hydrogen) atoms. The molecule has 1 aromatic heterocycles. The summed E-state index contributed by atoms with van der Waals surface area (Å²) in [6.45, 7) is 0.111. The second-order valence-corrected chi connectivity index (χ2v) is 4.69. The molecule has 0 aliphatic carbocycles. The lowest BCUT2D eigenvalue weighted by Crippen LogP contribution is -2.29. The van der Waals surface area contributed by atoms with E-state index in [4.69, 9.17) is 4.42 Å². The highest BCUT2D eigenvalue weighted by atomic mass is 16.6. The number of nitro benzene ring substituents is 1. The van der Waals surface area contributed by atoms with E-state index in [1.807, 2.05) is 0 Å². The normalized spacial score (nSPS) is 10.0. The van der Waals surface area contributed by atoms with Crippen molar-refractivity contribution in [3.8, 4) is 0 Å². The monoisotopic (exact) mass is 333 g/mol. The number of furan rings is 1. The first kappa shape index (κ1) is 17.0. The number of benzene rings is 1. The SMILES string of the molecule is COC(=O)c1cc([N+](=O)[O-])ccc1NCC(=O)NCc1ccco1. The standard InChI is InChI=1S/C15H15N3O6/c1-23-15(20)12-7-10(18(21)22)4-5-13(12)16-9-14(19)17-8-11-3-2-6-24-11/h2-7,16H,8-9H2,1H3,(H,17,19). The number of rotatable bonds is 7. The van der Waals surface area contributed by atoms with Crippen LogP contribution in [0.25, 0.3) is 0 Å². The quantitative estimate of drug-likeness (QED) is 0.449. The van der Waals surface area contributed by atoms with Gasteiger partial charge in [-0.25, -0.2) is 4.79 Å². The van der Waals surface area contributed by atoms with E-state index in [1.54, 1.807) is 12.1 Å². The molecule has 0 unspecified atom stereocenters. The lowest BCUT2D eigenvalue weighted by molar-refractivity contribution is -0.384. The van der Waals surface area contributed by atoms with Crippen LogP contribution in [0.15, 0.2) is 41.0 Å². The van der Waals surface area contributed by atoms with Gasteiger partial charge in [-0.3, -0.25) is 14.9 Å². The average Bonchev–Trinajstić information content (AvgIpc) is 3.10. The number of carbonyl (C=O) groups is 2. The molecule has 2 aromatic rings. The van der Waals surface area contributed by atoms with E-state index in [0.717, 1.165) is 6.07 Å². The summed E-state index contributed by atoms with van der Waals surface area (Å²) in [6, 6.07) is 7.10. The van der Waals surface area contributed by atoms with Crippen molar-refractivity contribution >= 4 is 23.3 Å². The van der Waals surface area contributed by atoms with Gasteiger partial charge in [-0.05, 0) is 18.2 Å². The van der Waals surface area contributed by atoms with Gasteiger partial charge in [-0.2, -0.15) is 0 Å². The number of esters is 1. The van der Waals surface area contributed by atoms with Crippen molar-refractivity contribution in [3.05, 3.63) is 58.0 Å². The third-order valence-electron chi connectivity index (χ3n) is 3.10. The average molecular weight is 333 g/mol. The maximum atomic E-state index is 11.8. The molecule has 1 heterocycles. The first-order chi connectivity index (χ1) is 11.5. The Morgan fingerprint density at radius 2 is 2.12 bits per heavy atom. The van der Waals surface area contributed by atoms with Crippen LogP contribution in [0.3, 0.4) is 0 Å². The van der Waals surface area contributed by atoms with Gasteiger partial charge in [0.2, 0.25) is 5.91 Å². The van der Waals surface area contributed by atoms with Crippen LogP contribution < -0.4 is 10.6 Å². The van der Waals surface area contributed by atoms with Gasteiger partial charge in [-0.15, -0.1) is 0 Å². The third kappa shape index (κ3) is 4.32. The molecular weight excluding hydrogens is 318 g/mol. The molecule has 0 radical (unpaired) electrons. The van der Waals surface area contributed by atoms with Gasteiger partial charge in [0.25, 0.3) is 5.69 Å². The van der Waals surface area contributed by atoms with E-state index < -0.39 is 10.9 Å². The molecule has 1 amide bonds. The molecule has 0 bridgehead atoms. The first-order valence-corrected chi connectivity index (χ1v) is 6.91. The molecule has 0 atom stereocenters. The Labute approximate surface area is 136 Å². The summed E-state index contributed by atoms with van der Waals surface area (Å²) in [5, 5.41) is 16.2. The molecule has 9 nitrogen and oxygen atoms in total. The Bertz CT molecular complexity index is 742. The summed E-state index contributed by atoms with van der Waals surface area (Å²) in [5.41, 5.74) is -0.00523. The molecule has 2 rings (SSSR count). The number of hydrogen-bond donors (Lipinski definition) is 2. The van der Waals surface area contributed by atoms with Crippen LogP contribution in [-0.2, 0) is 16.1 Å². The zero-order chi connectivity index (χ0) is 17.5. The molecule has 0 saturated heterocycles. The van der Waals surface area contributed by atoms with Gasteiger partial charge >= 0.3 is 5.97 Å². The van der Waals surface area contributed by atoms with Gasteiger partial charge in [0.15, 0.2) is 0 Å². The number of hydrogen-bond acceptors (Lipinski definition) is 7. The molecule has 1 aromatic carbocycles. The Morgan fingerprint density at radius 1 is 1.33 bits per heavy atom. The number of nitrogens with zero attached hydrogens (tertiary/aromatic N) is 1. The number of nitro groups is 1. The van der Waals surface area contributed by atoms with E-state index in [2.05, 4.69) is 15.4 Å². The number of non-ortho nitro benzene ring substituents is 1. The summed E-state index contributed by atoms with van der Waals surface area (Å²) >= 11 is 0. The zero-order valence-electron chi connectivity index (χ0n) is 12.8. The third-order valence-corrected chi connectivity index (χ3v) is 3.10. The Balaban J connectivity index is 2.01. The summed E-state index contributed by atoms with van der Waals surface area (Å²) in [4.78, 5) is 33.7. The van der Waals surface area contributed by atoms with E-state index >= 15 is 0 Å². The van der Waals surface area contributed by atoms with Crippen LogP contribution in [-0.4, -0.2) is 30.5 Å². The lowest BCUT2D eigenvalue weighted by atomic mass is 10.1. The fourth-order valence-electron chi connectivity index (χ4n) is 1.92. The number of ether oxygens (including phenoxy) is 1. The maximum Gasteiger partial charge on any atom is 0.340 e. The highest BCUT2D eigenvalue weighted by molar-refractivity contribution is 5.97. The number of amides is 1. The van der Waals surface area contributed by atoms with Crippen molar-refractivity contribution in [2.45, 2.75) is 6.54 Å². The van der Waals surface area contributed by atoms with E-state index in [9.17, 15) is 19.7 Å². The van der Waals surface area contributed by atoms with Crippen LogP contribution in [0.1, 0.15) is 16.1 Å². The fourth-order valence-corrected chi connectivity index (χ4v) is 1.92. The summed E-state index contributed by atoms with van der Waals surface area (Å²) in [6.07, 6.45) is 1.50. The molecule has 126 valence electrons. The van der Waals surface area contributed by atoms with Crippen LogP contribution in [0.4, 0.5) is 11.4 Å². The van der Waals surface area contributed by atoms with Gasteiger partial charge in [0, 0.05) is 17.8 Å². The second-order valence-electron chi connectivity index (χ2n) is 4.69. The van der Waals surface area contributed by atoms with Gasteiger partial charge in [-0.1, -0.05) is 0 Å². The fraction of sp³-hybridized carbons (Fsp3) is 0.200. The smallest absolute Gasteiger partial charge is 0.340 e. The van der Waals surface area contributed by atoms with Crippen molar-refractivity contribution in [1.29, 1.82) is 0 Å². The molecule has 0 saturated carbocycles. The van der Waals surface area contributed by atoms with Gasteiger partial charge < -0.3 is 19.8 Å². The molecular formula is C15H15N3O6. The summed E-state index contributed by atoms with van der Waals surface area (Å²) in [7, 11) is 1.17.